The van der Waals surface area contributed by atoms with Gasteiger partial charge in [0, 0.05) is 10.5 Å². The zero-order valence-corrected chi connectivity index (χ0v) is 13.1. The number of halogens is 1. The molecule has 0 aromatic heterocycles. The van der Waals surface area contributed by atoms with Gasteiger partial charge in [-0.2, -0.15) is 0 Å². The Morgan fingerprint density at radius 2 is 2.00 bits per heavy atom. The number of nitrogens with one attached hydrogen (secondary N) is 1. The van der Waals surface area contributed by atoms with Crippen molar-refractivity contribution >= 4 is 15.9 Å². The number of aryl methyl sites for hydroxylation is 1. The minimum atomic E-state index is 0.522. The van der Waals surface area contributed by atoms with Crippen LogP contribution in [0, 0.1) is 12.8 Å². The van der Waals surface area contributed by atoms with Crippen molar-refractivity contribution in [3.63, 3.8) is 0 Å². The van der Waals surface area contributed by atoms with Crippen molar-refractivity contribution in [3.8, 4) is 0 Å². The third-order valence-corrected chi connectivity index (χ3v) is 4.42. The van der Waals surface area contributed by atoms with E-state index in [0.29, 0.717) is 6.04 Å². The predicted octanol–water partition coefficient (Wildman–Crippen LogP) is 4.99. The third-order valence-electron chi connectivity index (χ3n) is 3.96. The summed E-state index contributed by atoms with van der Waals surface area (Å²) in [5, 5.41) is 3.66. The van der Waals surface area contributed by atoms with Crippen LogP contribution in [-0.4, -0.2) is 6.54 Å². The summed E-state index contributed by atoms with van der Waals surface area (Å²) in [6.07, 6.45) is 7.01. The molecule has 2 heteroatoms. The number of hydrogen-bond acceptors (Lipinski definition) is 1. The molecule has 1 saturated carbocycles. The van der Waals surface area contributed by atoms with Crippen LogP contribution in [0.3, 0.4) is 0 Å². The van der Waals surface area contributed by atoms with Gasteiger partial charge in [-0.15, -0.1) is 0 Å². The first-order chi connectivity index (χ1) is 8.69. The molecular weight excluding hydrogens is 286 g/mol. The van der Waals surface area contributed by atoms with Crippen LogP contribution >= 0.6 is 15.9 Å². The monoisotopic (exact) mass is 309 g/mol. The fourth-order valence-electron chi connectivity index (χ4n) is 3.13. The highest BCUT2D eigenvalue weighted by Gasteiger charge is 2.21. The third kappa shape index (κ3) is 3.83. The first-order valence-electron chi connectivity index (χ1n) is 7.19. The van der Waals surface area contributed by atoms with Crippen molar-refractivity contribution in [1.82, 2.24) is 5.32 Å². The zero-order valence-electron chi connectivity index (χ0n) is 11.5. The SMILES string of the molecule is CCNC(CC1CCCC1)c1cc(C)cc(Br)c1. The van der Waals surface area contributed by atoms with Crippen LogP contribution in [0.5, 0.6) is 0 Å². The van der Waals surface area contributed by atoms with Gasteiger partial charge in [-0.05, 0) is 49.1 Å². The molecule has 1 fully saturated rings. The van der Waals surface area contributed by atoms with Crippen LogP contribution < -0.4 is 5.32 Å². The lowest BCUT2D eigenvalue weighted by molar-refractivity contribution is 0.400. The summed E-state index contributed by atoms with van der Waals surface area (Å²) in [6.45, 7) is 5.42. The van der Waals surface area contributed by atoms with Gasteiger partial charge >= 0.3 is 0 Å². The van der Waals surface area contributed by atoms with Gasteiger partial charge in [0.05, 0.1) is 0 Å². The van der Waals surface area contributed by atoms with Crippen molar-refractivity contribution in [2.24, 2.45) is 5.92 Å². The van der Waals surface area contributed by atoms with Gasteiger partial charge in [0.1, 0.15) is 0 Å². The van der Waals surface area contributed by atoms with Crippen LogP contribution in [0.2, 0.25) is 0 Å². The summed E-state index contributed by atoms with van der Waals surface area (Å²) in [7, 11) is 0. The molecule has 2 rings (SSSR count). The van der Waals surface area contributed by atoms with E-state index in [-0.39, 0.29) is 0 Å². The Balaban J connectivity index is 2.11. The molecule has 0 amide bonds. The molecule has 0 bridgehead atoms. The lowest BCUT2D eigenvalue weighted by Crippen LogP contribution is -2.23. The second-order valence-electron chi connectivity index (χ2n) is 5.56. The molecule has 1 atom stereocenters. The fourth-order valence-corrected chi connectivity index (χ4v) is 3.75. The zero-order chi connectivity index (χ0) is 13.0. The van der Waals surface area contributed by atoms with Gasteiger partial charge in [-0.1, -0.05) is 54.6 Å². The summed E-state index contributed by atoms with van der Waals surface area (Å²) >= 11 is 3.62. The van der Waals surface area contributed by atoms with E-state index in [1.807, 2.05) is 0 Å². The number of rotatable bonds is 5. The summed E-state index contributed by atoms with van der Waals surface area (Å²) in [5.41, 5.74) is 2.78. The summed E-state index contributed by atoms with van der Waals surface area (Å²) < 4.78 is 1.20. The van der Waals surface area contributed by atoms with E-state index >= 15 is 0 Å². The maximum Gasteiger partial charge on any atom is 0.0323 e. The molecule has 100 valence electrons. The normalized spacial score (nSPS) is 18.2. The van der Waals surface area contributed by atoms with Crippen LogP contribution in [0.1, 0.15) is 56.2 Å². The second-order valence-corrected chi connectivity index (χ2v) is 6.47. The molecule has 1 aromatic rings. The van der Waals surface area contributed by atoms with Gasteiger partial charge in [-0.25, -0.2) is 0 Å². The maximum absolute atomic E-state index is 3.66. The van der Waals surface area contributed by atoms with Gasteiger partial charge in [0.25, 0.3) is 0 Å². The van der Waals surface area contributed by atoms with E-state index in [1.54, 1.807) is 0 Å². The van der Waals surface area contributed by atoms with Crippen molar-refractivity contribution < 1.29 is 0 Å². The maximum atomic E-state index is 3.66. The van der Waals surface area contributed by atoms with Gasteiger partial charge in [0.15, 0.2) is 0 Å². The predicted molar refractivity (Wildman–Crippen MR) is 81.9 cm³/mol. The summed E-state index contributed by atoms with van der Waals surface area (Å²) in [6, 6.07) is 7.30. The van der Waals surface area contributed by atoms with Gasteiger partial charge in [0.2, 0.25) is 0 Å². The molecule has 0 aliphatic heterocycles. The molecule has 1 aliphatic rings. The van der Waals surface area contributed by atoms with E-state index in [1.165, 1.54) is 47.7 Å². The highest BCUT2D eigenvalue weighted by atomic mass is 79.9. The summed E-state index contributed by atoms with van der Waals surface area (Å²) in [5.74, 6) is 0.924. The molecular formula is C16H24BrN. The van der Waals surface area contributed by atoms with Crippen LogP contribution in [-0.2, 0) is 0 Å². The largest absolute Gasteiger partial charge is 0.310 e. The van der Waals surface area contributed by atoms with Crippen molar-refractivity contribution in [2.75, 3.05) is 6.54 Å². The van der Waals surface area contributed by atoms with Crippen LogP contribution in [0.25, 0.3) is 0 Å². The minimum absolute atomic E-state index is 0.522. The number of hydrogen-bond donors (Lipinski definition) is 1. The highest BCUT2D eigenvalue weighted by Crippen LogP contribution is 2.33. The Labute approximate surface area is 119 Å². The molecule has 0 radical (unpaired) electrons. The first-order valence-corrected chi connectivity index (χ1v) is 7.99. The van der Waals surface area contributed by atoms with E-state index < -0.39 is 0 Å². The fraction of sp³-hybridized carbons (Fsp3) is 0.625. The van der Waals surface area contributed by atoms with Crippen molar-refractivity contribution in [3.05, 3.63) is 33.8 Å². The Bertz CT molecular complexity index is 362. The van der Waals surface area contributed by atoms with E-state index in [9.17, 15) is 0 Å². The Hall–Kier alpha value is -0.340. The topological polar surface area (TPSA) is 12.0 Å². The minimum Gasteiger partial charge on any atom is -0.310 e. The van der Waals surface area contributed by atoms with E-state index in [0.717, 1.165) is 12.5 Å². The smallest absolute Gasteiger partial charge is 0.0323 e. The van der Waals surface area contributed by atoms with Crippen LogP contribution in [0.15, 0.2) is 22.7 Å². The number of benzene rings is 1. The molecule has 1 aliphatic carbocycles. The molecule has 1 aromatic carbocycles. The Kier molecular flexibility index (Phi) is 5.25. The molecule has 1 nitrogen and oxygen atoms in total. The highest BCUT2D eigenvalue weighted by molar-refractivity contribution is 9.10. The lowest BCUT2D eigenvalue weighted by Gasteiger charge is -2.22. The molecule has 18 heavy (non-hydrogen) atoms. The summed E-state index contributed by atoms with van der Waals surface area (Å²) in [4.78, 5) is 0. The van der Waals surface area contributed by atoms with E-state index in [2.05, 4.69) is 53.3 Å². The molecule has 1 N–H and O–H groups in total. The molecule has 1 unspecified atom stereocenters. The Morgan fingerprint density at radius 1 is 1.28 bits per heavy atom. The standard InChI is InChI=1S/C16H24BrN/c1-3-18-16(10-13-6-4-5-7-13)14-8-12(2)9-15(17)11-14/h8-9,11,13,16,18H,3-7,10H2,1-2H3. The van der Waals surface area contributed by atoms with Gasteiger partial charge in [-0.3, -0.25) is 0 Å². The van der Waals surface area contributed by atoms with Crippen molar-refractivity contribution in [2.45, 2.75) is 52.0 Å². The second kappa shape index (κ2) is 6.72. The van der Waals surface area contributed by atoms with E-state index in [4.69, 9.17) is 0 Å². The van der Waals surface area contributed by atoms with Gasteiger partial charge < -0.3 is 5.32 Å². The molecule has 0 heterocycles. The average molecular weight is 310 g/mol. The lowest BCUT2D eigenvalue weighted by atomic mass is 9.93. The Morgan fingerprint density at radius 3 is 2.61 bits per heavy atom. The van der Waals surface area contributed by atoms with Crippen LogP contribution in [0.4, 0.5) is 0 Å². The quantitative estimate of drug-likeness (QED) is 0.808. The molecule has 0 saturated heterocycles. The molecule has 0 spiro atoms. The van der Waals surface area contributed by atoms with Crippen molar-refractivity contribution in [1.29, 1.82) is 0 Å². The average Bonchev–Trinajstić information content (AvgIpc) is 2.80. The first kappa shape index (κ1) is 14.1.